The summed E-state index contributed by atoms with van der Waals surface area (Å²) in [5.74, 6) is 0.325. The molecule has 0 spiro atoms. The van der Waals surface area contributed by atoms with Crippen molar-refractivity contribution in [1.82, 2.24) is 16.2 Å². The van der Waals surface area contributed by atoms with Crippen molar-refractivity contribution in [1.29, 1.82) is 0 Å². The Morgan fingerprint density at radius 2 is 1.43 bits per heavy atom. The number of amides is 2. The van der Waals surface area contributed by atoms with Crippen LogP contribution in [0.15, 0.2) is 66.7 Å². The van der Waals surface area contributed by atoms with Crippen molar-refractivity contribution in [3.05, 3.63) is 72.3 Å². The summed E-state index contributed by atoms with van der Waals surface area (Å²) in [6, 6.07) is 20.7. The van der Waals surface area contributed by atoms with Gasteiger partial charge in [-0.1, -0.05) is 54.6 Å². The van der Waals surface area contributed by atoms with Gasteiger partial charge < -0.3 is 9.47 Å². The number of hydrazine groups is 1. The summed E-state index contributed by atoms with van der Waals surface area (Å²) in [4.78, 5) is 23.9. The van der Waals surface area contributed by atoms with Crippen LogP contribution in [0, 0.1) is 6.92 Å². The molecule has 30 heavy (non-hydrogen) atoms. The number of hydrogen-bond donors (Lipinski definition) is 3. The van der Waals surface area contributed by atoms with E-state index in [0.717, 1.165) is 16.3 Å². The summed E-state index contributed by atoms with van der Waals surface area (Å²) in [6.45, 7) is 1.47. The van der Waals surface area contributed by atoms with Gasteiger partial charge in [-0.05, 0) is 42.2 Å². The summed E-state index contributed by atoms with van der Waals surface area (Å²) in [5, 5.41) is 4.32. The predicted molar refractivity (Wildman–Crippen MR) is 118 cm³/mol. The van der Waals surface area contributed by atoms with E-state index in [1.165, 1.54) is 0 Å². The zero-order valence-corrected chi connectivity index (χ0v) is 17.1. The van der Waals surface area contributed by atoms with E-state index < -0.39 is 11.8 Å². The minimum absolute atomic E-state index is 0.0502. The molecule has 3 aromatic rings. The number of nitrogens with one attached hydrogen (secondary N) is 3. The molecule has 7 nitrogen and oxygen atoms in total. The van der Waals surface area contributed by atoms with Crippen molar-refractivity contribution in [2.75, 3.05) is 13.2 Å². The average Bonchev–Trinajstić information content (AvgIpc) is 2.75. The lowest BCUT2D eigenvalue weighted by Crippen LogP contribution is -2.50. The number of benzene rings is 3. The predicted octanol–water partition coefficient (Wildman–Crippen LogP) is 2.63. The van der Waals surface area contributed by atoms with E-state index in [1.807, 2.05) is 61.5 Å². The molecular weight excluding hydrogens is 402 g/mol. The summed E-state index contributed by atoms with van der Waals surface area (Å²) in [5.41, 5.74) is 5.74. The number of thiocarbonyl (C=S) groups is 1. The Morgan fingerprint density at radius 3 is 2.27 bits per heavy atom. The lowest BCUT2D eigenvalue weighted by Gasteiger charge is -2.13. The molecule has 0 aliphatic rings. The Bertz CT molecular complexity index is 1070. The fourth-order valence-corrected chi connectivity index (χ4v) is 2.85. The first kappa shape index (κ1) is 21.1. The van der Waals surface area contributed by atoms with Crippen LogP contribution in [0.5, 0.6) is 11.5 Å². The molecule has 0 aliphatic heterocycles. The Balaban J connectivity index is 1.39. The fourth-order valence-electron chi connectivity index (χ4n) is 2.68. The smallest absolute Gasteiger partial charge is 0.276 e. The summed E-state index contributed by atoms with van der Waals surface area (Å²) >= 11 is 5.00. The van der Waals surface area contributed by atoms with Crippen molar-refractivity contribution in [2.24, 2.45) is 0 Å². The van der Waals surface area contributed by atoms with Gasteiger partial charge in [0.15, 0.2) is 18.3 Å². The largest absolute Gasteiger partial charge is 0.483 e. The van der Waals surface area contributed by atoms with Crippen LogP contribution >= 0.6 is 12.2 Å². The molecule has 2 amide bonds. The highest BCUT2D eigenvalue weighted by Crippen LogP contribution is 2.24. The van der Waals surface area contributed by atoms with Crippen LogP contribution in [0.3, 0.4) is 0 Å². The van der Waals surface area contributed by atoms with Gasteiger partial charge in [0, 0.05) is 5.39 Å². The van der Waals surface area contributed by atoms with Gasteiger partial charge in [-0.15, -0.1) is 0 Å². The van der Waals surface area contributed by atoms with E-state index in [1.54, 1.807) is 12.1 Å². The standard InChI is InChI=1S/C22H21N3O4S/c1-15-7-2-5-11-18(15)28-14-21(27)24-25-22(30)23-20(26)13-29-19-12-6-9-16-8-3-4-10-17(16)19/h2-12H,13-14H2,1H3,(H,24,27)(H2,23,25,26,30). The Labute approximate surface area is 179 Å². The van der Waals surface area contributed by atoms with Gasteiger partial charge in [-0.2, -0.15) is 0 Å². The first-order valence-corrected chi connectivity index (χ1v) is 9.61. The number of carbonyl (C=O) groups is 2. The highest BCUT2D eigenvalue weighted by Gasteiger charge is 2.09. The van der Waals surface area contributed by atoms with Crippen molar-refractivity contribution >= 4 is 39.9 Å². The van der Waals surface area contributed by atoms with Crippen LogP contribution < -0.4 is 25.6 Å². The van der Waals surface area contributed by atoms with Crippen LogP contribution in [0.2, 0.25) is 0 Å². The minimum atomic E-state index is -0.453. The van der Waals surface area contributed by atoms with Gasteiger partial charge >= 0.3 is 0 Å². The SMILES string of the molecule is Cc1ccccc1OCC(=O)NNC(=S)NC(=O)COc1cccc2ccccc12. The molecule has 0 heterocycles. The molecule has 0 radical (unpaired) electrons. The summed E-state index contributed by atoms with van der Waals surface area (Å²) in [7, 11) is 0. The molecule has 0 fully saturated rings. The normalized spacial score (nSPS) is 10.2. The third-order valence-electron chi connectivity index (χ3n) is 4.13. The third kappa shape index (κ3) is 5.92. The van der Waals surface area contributed by atoms with E-state index in [-0.39, 0.29) is 18.3 Å². The first-order valence-electron chi connectivity index (χ1n) is 9.20. The number of carbonyl (C=O) groups excluding carboxylic acids is 2. The fraction of sp³-hybridized carbons (Fsp3) is 0.136. The maximum Gasteiger partial charge on any atom is 0.276 e. The molecule has 0 aliphatic carbocycles. The van der Waals surface area contributed by atoms with Gasteiger partial charge in [-0.25, -0.2) is 0 Å². The van der Waals surface area contributed by atoms with Crippen molar-refractivity contribution < 1.29 is 19.1 Å². The van der Waals surface area contributed by atoms with E-state index in [4.69, 9.17) is 21.7 Å². The average molecular weight is 423 g/mol. The van der Waals surface area contributed by atoms with Crippen molar-refractivity contribution in [2.45, 2.75) is 6.92 Å². The number of hydrogen-bond acceptors (Lipinski definition) is 5. The first-order chi connectivity index (χ1) is 14.5. The molecule has 0 aromatic heterocycles. The molecule has 154 valence electrons. The van der Waals surface area contributed by atoms with Crippen LogP contribution in [-0.4, -0.2) is 30.1 Å². The third-order valence-corrected chi connectivity index (χ3v) is 4.33. The van der Waals surface area contributed by atoms with Gasteiger partial charge in [-0.3, -0.25) is 25.8 Å². The van der Waals surface area contributed by atoms with E-state index >= 15 is 0 Å². The molecular formula is C22H21N3O4S. The number of rotatable bonds is 6. The summed E-state index contributed by atoms with van der Waals surface area (Å²) in [6.07, 6.45) is 0. The van der Waals surface area contributed by atoms with Crippen molar-refractivity contribution in [3.8, 4) is 11.5 Å². The number of fused-ring (bicyclic) bond motifs is 1. The lowest BCUT2D eigenvalue weighted by atomic mass is 10.1. The summed E-state index contributed by atoms with van der Waals surface area (Å²) < 4.78 is 11.0. The monoisotopic (exact) mass is 423 g/mol. The van der Waals surface area contributed by atoms with Crippen LogP contribution in [0.1, 0.15) is 5.56 Å². The number of para-hydroxylation sites is 1. The van der Waals surface area contributed by atoms with Gasteiger partial charge in [0.1, 0.15) is 11.5 Å². The second-order valence-corrected chi connectivity index (χ2v) is 6.78. The Kier molecular flexibility index (Phi) is 7.18. The highest BCUT2D eigenvalue weighted by atomic mass is 32.1. The zero-order chi connectivity index (χ0) is 21.3. The maximum atomic E-state index is 12.1. The molecule has 0 bridgehead atoms. The number of ether oxygens (including phenoxy) is 2. The quantitative estimate of drug-likeness (QED) is 0.417. The maximum absolute atomic E-state index is 12.1. The van der Waals surface area contributed by atoms with Gasteiger partial charge in [0.2, 0.25) is 0 Å². The molecule has 8 heteroatoms. The van der Waals surface area contributed by atoms with Gasteiger partial charge in [0.25, 0.3) is 11.8 Å². The number of aryl methyl sites for hydroxylation is 1. The second kappa shape index (κ2) is 10.2. The molecule has 3 aromatic carbocycles. The second-order valence-electron chi connectivity index (χ2n) is 6.37. The van der Waals surface area contributed by atoms with E-state index in [9.17, 15) is 9.59 Å². The van der Waals surface area contributed by atoms with Crippen LogP contribution in [-0.2, 0) is 9.59 Å². The molecule has 0 saturated heterocycles. The molecule has 0 unspecified atom stereocenters. The molecule has 0 saturated carbocycles. The van der Waals surface area contributed by atoms with Crippen molar-refractivity contribution in [3.63, 3.8) is 0 Å². The minimum Gasteiger partial charge on any atom is -0.483 e. The molecule has 3 rings (SSSR count). The van der Waals surface area contributed by atoms with E-state index in [2.05, 4.69) is 16.2 Å². The lowest BCUT2D eigenvalue weighted by molar-refractivity contribution is -0.124. The van der Waals surface area contributed by atoms with Crippen LogP contribution in [0.4, 0.5) is 0 Å². The molecule has 3 N–H and O–H groups in total. The Hall–Kier alpha value is -3.65. The Morgan fingerprint density at radius 1 is 0.800 bits per heavy atom. The highest BCUT2D eigenvalue weighted by molar-refractivity contribution is 7.80. The van der Waals surface area contributed by atoms with Crippen LogP contribution in [0.25, 0.3) is 10.8 Å². The topological polar surface area (TPSA) is 88.7 Å². The zero-order valence-electron chi connectivity index (χ0n) is 16.3. The van der Waals surface area contributed by atoms with Gasteiger partial charge in [0.05, 0.1) is 0 Å². The molecule has 0 atom stereocenters. The van der Waals surface area contributed by atoms with E-state index in [0.29, 0.717) is 11.5 Å².